The van der Waals surface area contributed by atoms with Gasteiger partial charge < -0.3 is 14.8 Å². The van der Waals surface area contributed by atoms with E-state index >= 15 is 0 Å². The van der Waals surface area contributed by atoms with Crippen LogP contribution in [-0.2, 0) is 6.54 Å². The molecule has 1 atom stereocenters. The minimum atomic E-state index is -0.433. The van der Waals surface area contributed by atoms with Gasteiger partial charge in [-0.2, -0.15) is 0 Å². The van der Waals surface area contributed by atoms with Crippen LogP contribution in [0.15, 0.2) is 34.4 Å². The molecule has 21 heavy (non-hydrogen) atoms. The highest BCUT2D eigenvalue weighted by atomic mass is 16.3. The summed E-state index contributed by atoms with van der Waals surface area (Å²) in [4.78, 5) is 4.64. The molecule has 2 aromatic heterocycles. The first kappa shape index (κ1) is 14.0. The van der Waals surface area contributed by atoms with Crippen molar-refractivity contribution in [3.63, 3.8) is 0 Å². The van der Waals surface area contributed by atoms with E-state index in [0.29, 0.717) is 6.54 Å². The van der Waals surface area contributed by atoms with E-state index in [9.17, 15) is 5.11 Å². The van der Waals surface area contributed by atoms with Crippen LogP contribution in [0.5, 0.6) is 0 Å². The quantitative estimate of drug-likeness (QED) is 0.839. The van der Waals surface area contributed by atoms with Gasteiger partial charge in [-0.3, -0.25) is 4.98 Å². The third kappa shape index (κ3) is 2.61. The van der Waals surface area contributed by atoms with Crippen LogP contribution in [0.4, 0.5) is 5.69 Å². The largest absolute Gasteiger partial charge is 0.467 e. The zero-order chi connectivity index (χ0) is 15.0. The van der Waals surface area contributed by atoms with Gasteiger partial charge in [0.25, 0.3) is 0 Å². The summed E-state index contributed by atoms with van der Waals surface area (Å²) in [6, 6.07) is 5.89. The normalized spacial score (nSPS) is 14.9. The Hall–Kier alpha value is -2.01. The fraction of sp³-hybridized carbons (Fsp3) is 0.312. The lowest BCUT2D eigenvalue weighted by molar-refractivity contribution is 0.240. The first-order valence-corrected chi connectivity index (χ1v) is 7.21. The second kappa shape index (κ2) is 5.41. The van der Waals surface area contributed by atoms with Crippen molar-refractivity contribution in [1.82, 2.24) is 4.98 Å². The molecular weight excluding hydrogens is 263 g/mol. The summed E-state index contributed by atoms with van der Waals surface area (Å²) in [5.74, 6) is 0.900. The van der Waals surface area contributed by atoms with Gasteiger partial charge in [-0.25, -0.2) is 0 Å². The molecule has 0 radical (unpaired) electrons. The van der Waals surface area contributed by atoms with Crippen LogP contribution in [0.2, 0.25) is 0 Å². The Morgan fingerprint density at radius 2 is 2.24 bits per heavy atom. The summed E-state index contributed by atoms with van der Waals surface area (Å²) in [7, 11) is 0.757. The van der Waals surface area contributed by atoms with E-state index in [0.717, 1.165) is 41.2 Å². The number of aryl methyl sites for hydroxylation is 1. The lowest BCUT2D eigenvalue weighted by Gasteiger charge is -2.12. The van der Waals surface area contributed by atoms with Crippen molar-refractivity contribution in [1.29, 1.82) is 0 Å². The number of hydrogen-bond donors (Lipinski definition) is 2. The van der Waals surface area contributed by atoms with Crippen LogP contribution in [0.25, 0.3) is 5.57 Å². The van der Waals surface area contributed by atoms with Gasteiger partial charge in [0.15, 0.2) is 7.28 Å². The Kier molecular flexibility index (Phi) is 3.59. The summed E-state index contributed by atoms with van der Waals surface area (Å²) in [6.45, 7) is 6.49. The molecule has 0 aliphatic carbocycles. The average Bonchev–Trinajstić information content (AvgIpc) is 3.05. The molecule has 2 N–H and O–H groups in total. The number of nitrogens with one attached hydrogen (secondary N) is 1. The van der Waals surface area contributed by atoms with E-state index in [2.05, 4.69) is 16.4 Å². The van der Waals surface area contributed by atoms with E-state index in [-0.39, 0.29) is 0 Å². The smallest absolute Gasteiger partial charge is 0.196 e. The predicted octanol–water partition coefficient (Wildman–Crippen LogP) is 1.78. The fourth-order valence-electron chi connectivity index (χ4n) is 2.88. The van der Waals surface area contributed by atoms with Gasteiger partial charge >= 0.3 is 0 Å². The minimum absolute atomic E-state index is 0.433. The summed E-state index contributed by atoms with van der Waals surface area (Å²) < 4.78 is 5.36. The standard InChI is InChI=1S/C16H19BN2O2/c1-9-7-13(18-8-12-5-4-6-21-12)15-16(19-9)10(2)14(17-15)11(3)20/h4-7,11,17,20H,8H2,1-3H3,(H,18,19). The fourth-order valence-corrected chi connectivity index (χ4v) is 2.88. The number of aromatic nitrogens is 1. The molecule has 0 bridgehead atoms. The van der Waals surface area contributed by atoms with Crippen LogP contribution < -0.4 is 10.8 Å². The molecule has 4 nitrogen and oxygen atoms in total. The zero-order valence-electron chi connectivity index (χ0n) is 12.6. The van der Waals surface area contributed by atoms with E-state index in [1.807, 2.05) is 32.9 Å². The number of fused-ring (bicyclic) bond motifs is 1. The topological polar surface area (TPSA) is 58.3 Å². The molecule has 0 fully saturated rings. The molecule has 5 heteroatoms. The summed E-state index contributed by atoms with van der Waals surface area (Å²) in [5.41, 5.74) is 6.38. The van der Waals surface area contributed by atoms with Crippen LogP contribution in [-0.4, -0.2) is 23.5 Å². The van der Waals surface area contributed by atoms with Gasteiger partial charge in [-0.05, 0) is 50.0 Å². The third-order valence-electron chi connectivity index (χ3n) is 3.99. The molecule has 0 saturated heterocycles. The maximum Gasteiger partial charge on any atom is 0.196 e. The Labute approximate surface area is 125 Å². The average molecular weight is 282 g/mol. The van der Waals surface area contributed by atoms with Gasteiger partial charge in [0.2, 0.25) is 0 Å². The highest BCUT2D eigenvalue weighted by Gasteiger charge is 2.26. The first-order valence-electron chi connectivity index (χ1n) is 7.21. The Morgan fingerprint density at radius 3 is 2.90 bits per heavy atom. The Morgan fingerprint density at radius 1 is 1.43 bits per heavy atom. The van der Waals surface area contributed by atoms with E-state index < -0.39 is 6.10 Å². The maximum absolute atomic E-state index is 9.91. The maximum atomic E-state index is 9.91. The van der Waals surface area contributed by atoms with Crippen LogP contribution >= 0.6 is 0 Å². The molecule has 1 aliphatic rings. The molecule has 3 rings (SSSR count). The number of pyridine rings is 1. The lowest BCUT2D eigenvalue weighted by Crippen LogP contribution is -2.23. The third-order valence-corrected chi connectivity index (χ3v) is 3.99. The highest BCUT2D eigenvalue weighted by Crippen LogP contribution is 2.26. The lowest BCUT2D eigenvalue weighted by atomic mass is 9.64. The number of aliphatic hydroxyl groups is 1. The van der Waals surface area contributed by atoms with Crippen molar-refractivity contribution >= 4 is 24.0 Å². The second-order valence-electron chi connectivity index (χ2n) is 5.57. The number of allylic oxidation sites excluding steroid dienone is 1. The molecule has 1 aliphatic heterocycles. The van der Waals surface area contributed by atoms with Crippen molar-refractivity contribution in [2.75, 3.05) is 5.32 Å². The SMILES string of the molecule is CC1=C(C(C)O)Bc2c(NCc3ccco3)cc(C)nc21. The first-order chi connectivity index (χ1) is 10.1. The van der Waals surface area contributed by atoms with Gasteiger partial charge in [0, 0.05) is 11.4 Å². The number of anilines is 1. The molecular formula is C16H19BN2O2. The van der Waals surface area contributed by atoms with E-state index in [1.165, 1.54) is 5.46 Å². The molecule has 0 aromatic carbocycles. The molecule has 0 saturated carbocycles. The van der Waals surface area contributed by atoms with E-state index in [1.54, 1.807) is 6.26 Å². The minimum Gasteiger partial charge on any atom is -0.467 e. The van der Waals surface area contributed by atoms with Crippen molar-refractivity contribution < 1.29 is 9.52 Å². The number of hydrogen-bond acceptors (Lipinski definition) is 4. The number of nitrogens with zero attached hydrogens (tertiary/aromatic N) is 1. The number of rotatable bonds is 4. The molecule has 0 spiro atoms. The van der Waals surface area contributed by atoms with Crippen molar-refractivity contribution in [2.24, 2.45) is 0 Å². The predicted molar refractivity (Wildman–Crippen MR) is 86.1 cm³/mol. The molecule has 108 valence electrons. The molecule has 0 amide bonds. The Balaban J connectivity index is 1.91. The molecule has 2 aromatic rings. The number of furan rings is 1. The molecule has 3 heterocycles. The van der Waals surface area contributed by atoms with Crippen LogP contribution in [0.1, 0.15) is 31.0 Å². The zero-order valence-corrected chi connectivity index (χ0v) is 12.6. The van der Waals surface area contributed by atoms with Gasteiger partial charge in [0.05, 0.1) is 24.6 Å². The molecule has 1 unspecified atom stereocenters. The van der Waals surface area contributed by atoms with Gasteiger partial charge in [-0.1, -0.05) is 5.47 Å². The number of aliphatic hydroxyl groups excluding tert-OH is 1. The van der Waals surface area contributed by atoms with Crippen molar-refractivity contribution in [2.45, 2.75) is 33.4 Å². The van der Waals surface area contributed by atoms with Crippen molar-refractivity contribution in [3.8, 4) is 0 Å². The summed E-state index contributed by atoms with van der Waals surface area (Å²) >= 11 is 0. The Bertz CT molecular complexity index is 691. The summed E-state index contributed by atoms with van der Waals surface area (Å²) in [5, 5.41) is 13.3. The van der Waals surface area contributed by atoms with Gasteiger partial charge in [-0.15, -0.1) is 0 Å². The van der Waals surface area contributed by atoms with Crippen LogP contribution in [0, 0.1) is 6.92 Å². The van der Waals surface area contributed by atoms with Gasteiger partial charge in [0.1, 0.15) is 5.76 Å². The summed E-state index contributed by atoms with van der Waals surface area (Å²) in [6.07, 6.45) is 1.24. The monoisotopic (exact) mass is 282 g/mol. The second-order valence-corrected chi connectivity index (χ2v) is 5.57. The van der Waals surface area contributed by atoms with Crippen LogP contribution in [0.3, 0.4) is 0 Å². The van der Waals surface area contributed by atoms with E-state index in [4.69, 9.17) is 4.42 Å². The van der Waals surface area contributed by atoms with Crippen molar-refractivity contribution in [3.05, 3.63) is 47.1 Å². The highest BCUT2D eigenvalue weighted by molar-refractivity contribution is 6.67.